The zero-order valence-corrected chi connectivity index (χ0v) is 9.74. The molecule has 0 unspecified atom stereocenters. The first-order valence-electron chi connectivity index (χ1n) is 5.83. The van der Waals surface area contributed by atoms with Gasteiger partial charge in [-0.1, -0.05) is 18.2 Å². The molecule has 1 aliphatic heterocycles. The fraction of sp³-hybridized carbons (Fsp3) is 0.538. The molecule has 1 aromatic rings. The summed E-state index contributed by atoms with van der Waals surface area (Å²) in [7, 11) is 1.72. The summed E-state index contributed by atoms with van der Waals surface area (Å²) < 4.78 is 10.7. The lowest BCUT2D eigenvalue weighted by Gasteiger charge is -2.23. The lowest BCUT2D eigenvalue weighted by atomic mass is 10.1. The zero-order valence-electron chi connectivity index (χ0n) is 9.74. The molecule has 1 saturated heterocycles. The molecule has 1 heterocycles. The number of methoxy groups -OCH3 is 1. The van der Waals surface area contributed by atoms with Crippen molar-refractivity contribution in [2.24, 2.45) is 0 Å². The highest BCUT2D eigenvalue weighted by molar-refractivity contribution is 5.33. The Balaban J connectivity index is 1.88. The van der Waals surface area contributed by atoms with E-state index in [4.69, 9.17) is 9.47 Å². The zero-order chi connectivity index (χ0) is 11.2. The number of benzene rings is 1. The molecule has 2 rings (SSSR count). The molecule has 0 aromatic heterocycles. The van der Waals surface area contributed by atoms with E-state index < -0.39 is 0 Å². The number of para-hydroxylation sites is 1. The Morgan fingerprint density at radius 2 is 2.06 bits per heavy atom. The number of hydrogen-bond acceptors (Lipinski definition) is 3. The summed E-state index contributed by atoms with van der Waals surface area (Å²) in [5.74, 6) is 0.960. The molecular weight excluding hydrogens is 202 g/mol. The molecule has 1 aromatic carbocycles. The van der Waals surface area contributed by atoms with Gasteiger partial charge in [0, 0.05) is 31.4 Å². The third kappa shape index (κ3) is 2.97. The Kier molecular flexibility index (Phi) is 4.19. The Bertz CT molecular complexity index is 321. The Morgan fingerprint density at radius 1 is 1.31 bits per heavy atom. The predicted octanol–water partition coefficient (Wildman–Crippen LogP) is 1.96. The van der Waals surface area contributed by atoms with Crippen molar-refractivity contribution in [2.75, 3.05) is 20.3 Å². The van der Waals surface area contributed by atoms with Crippen LogP contribution in [0.25, 0.3) is 0 Å². The molecule has 3 heteroatoms. The maximum absolute atomic E-state index is 5.33. The average Bonchev–Trinajstić information content (AvgIpc) is 2.38. The van der Waals surface area contributed by atoms with Gasteiger partial charge in [-0.2, -0.15) is 0 Å². The summed E-state index contributed by atoms with van der Waals surface area (Å²) in [5.41, 5.74) is 1.22. The first-order chi connectivity index (χ1) is 7.90. The molecular formula is C13H19NO2. The van der Waals surface area contributed by atoms with Crippen LogP contribution in [-0.2, 0) is 11.3 Å². The minimum absolute atomic E-state index is 0.582. The average molecular weight is 221 g/mol. The van der Waals surface area contributed by atoms with Crippen LogP contribution in [0.3, 0.4) is 0 Å². The van der Waals surface area contributed by atoms with Gasteiger partial charge in [-0.05, 0) is 18.9 Å². The smallest absolute Gasteiger partial charge is 0.123 e. The van der Waals surface area contributed by atoms with E-state index in [1.807, 2.05) is 18.2 Å². The molecule has 16 heavy (non-hydrogen) atoms. The highest BCUT2D eigenvalue weighted by Crippen LogP contribution is 2.17. The van der Waals surface area contributed by atoms with Crippen molar-refractivity contribution in [2.45, 2.75) is 25.4 Å². The summed E-state index contributed by atoms with van der Waals surface area (Å²) in [5, 5.41) is 3.55. The van der Waals surface area contributed by atoms with Crippen LogP contribution in [0.1, 0.15) is 18.4 Å². The molecule has 1 aliphatic rings. The van der Waals surface area contributed by atoms with Crippen LogP contribution in [0, 0.1) is 0 Å². The van der Waals surface area contributed by atoms with Crippen LogP contribution in [0.5, 0.6) is 5.75 Å². The second-order valence-corrected chi connectivity index (χ2v) is 4.08. The van der Waals surface area contributed by atoms with Crippen LogP contribution in [0.15, 0.2) is 24.3 Å². The van der Waals surface area contributed by atoms with E-state index in [0.29, 0.717) is 6.04 Å². The quantitative estimate of drug-likeness (QED) is 0.843. The number of ether oxygens (including phenoxy) is 2. The van der Waals surface area contributed by atoms with Crippen LogP contribution < -0.4 is 10.1 Å². The standard InChI is InChI=1S/C13H19NO2/c1-15-13-5-3-2-4-11(13)10-14-12-6-8-16-9-7-12/h2-5,12,14H,6-10H2,1H3. The van der Waals surface area contributed by atoms with Gasteiger partial charge < -0.3 is 14.8 Å². The highest BCUT2D eigenvalue weighted by atomic mass is 16.5. The van der Waals surface area contributed by atoms with Crippen LogP contribution in [0.4, 0.5) is 0 Å². The Labute approximate surface area is 96.8 Å². The molecule has 0 atom stereocenters. The molecule has 0 bridgehead atoms. The van der Waals surface area contributed by atoms with E-state index in [9.17, 15) is 0 Å². The number of rotatable bonds is 4. The summed E-state index contributed by atoms with van der Waals surface area (Å²) in [6.07, 6.45) is 2.21. The lowest BCUT2D eigenvalue weighted by Crippen LogP contribution is -2.34. The normalized spacial score (nSPS) is 17.3. The van der Waals surface area contributed by atoms with Gasteiger partial charge in [0.2, 0.25) is 0 Å². The molecule has 3 nitrogen and oxygen atoms in total. The van der Waals surface area contributed by atoms with E-state index >= 15 is 0 Å². The van der Waals surface area contributed by atoms with Crippen molar-refractivity contribution in [3.05, 3.63) is 29.8 Å². The first-order valence-corrected chi connectivity index (χ1v) is 5.83. The van der Waals surface area contributed by atoms with E-state index in [-0.39, 0.29) is 0 Å². The van der Waals surface area contributed by atoms with Crippen LogP contribution >= 0.6 is 0 Å². The van der Waals surface area contributed by atoms with E-state index in [0.717, 1.165) is 38.3 Å². The molecule has 0 saturated carbocycles. The van der Waals surface area contributed by atoms with Crippen molar-refractivity contribution in [3.8, 4) is 5.75 Å². The summed E-state index contributed by atoms with van der Waals surface area (Å²) in [6, 6.07) is 8.73. The van der Waals surface area contributed by atoms with Gasteiger partial charge in [-0.25, -0.2) is 0 Å². The highest BCUT2D eigenvalue weighted by Gasteiger charge is 2.13. The molecule has 1 fully saturated rings. The minimum atomic E-state index is 0.582. The maximum Gasteiger partial charge on any atom is 0.123 e. The second kappa shape index (κ2) is 5.87. The van der Waals surface area contributed by atoms with Gasteiger partial charge in [0.25, 0.3) is 0 Å². The number of hydrogen-bond donors (Lipinski definition) is 1. The minimum Gasteiger partial charge on any atom is -0.496 e. The third-order valence-electron chi connectivity index (χ3n) is 3.00. The second-order valence-electron chi connectivity index (χ2n) is 4.08. The van der Waals surface area contributed by atoms with Gasteiger partial charge in [0.05, 0.1) is 7.11 Å². The summed E-state index contributed by atoms with van der Waals surface area (Å²) in [4.78, 5) is 0. The van der Waals surface area contributed by atoms with Gasteiger partial charge in [-0.3, -0.25) is 0 Å². The Morgan fingerprint density at radius 3 is 2.81 bits per heavy atom. The van der Waals surface area contributed by atoms with E-state index in [1.54, 1.807) is 7.11 Å². The van der Waals surface area contributed by atoms with Crippen molar-refractivity contribution in [1.82, 2.24) is 5.32 Å². The fourth-order valence-corrected chi connectivity index (χ4v) is 2.01. The summed E-state index contributed by atoms with van der Waals surface area (Å²) >= 11 is 0. The fourth-order valence-electron chi connectivity index (χ4n) is 2.01. The van der Waals surface area contributed by atoms with Gasteiger partial charge in [-0.15, -0.1) is 0 Å². The molecule has 88 valence electrons. The monoisotopic (exact) mass is 221 g/mol. The molecule has 0 spiro atoms. The number of nitrogens with one attached hydrogen (secondary N) is 1. The predicted molar refractivity (Wildman–Crippen MR) is 63.7 cm³/mol. The third-order valence-corrected chi connectivity index (χ3v) is 3.00. The largest absolute Gasteiger partial charge is 0.496 e. The van der Waals surface area contributed by atoms with E-state index in [1.165, 1.54) is 5.56 Å². The van der Waals surface area contributed by atoms with Crippen molar-refractivity contribution < 1.29 is 9.47 Å². The molecule has 0 radical (unpaired) electrons. The topological polar surface area (TPSA) is 30.5 Å². The van der Waals surface area contributed by atoms with Crippen molar-refractivity contribution >= 4 is 0 Å². The Hall–Kier alpha value is -1.06. The van der Waals surface area contributed by atoms with Crippen LogP contribution in [-0.4, -0.2) is 26.4 Å². The lowest BCUT2D eigenvalue weighted by molar-refractivity contribution is 0.0775. The van der Waals surface area contributed by atoms with Gasteiger partial charge in [0.1, 0.15) is 5.75 Å². The SMILES string of the molecule is COc1ccccc1CNC1CCOCC1. The van der Waals surface area contributed by atoms with Crippen molar-refractivity contribution in [1.29, 1.82) is 0 Å². The molecule has 0 aliphatic carbocycles. The molecule has 1 N–H and O–H groups in total. The van der Waals surface area contributed by atoms with E-state index in [2.05, 4.69) is 11.4 Å². The maximum atomic E-state index is 5.33. The molecule has 0 amide bonds. The summed E-state index contributed by atoms with van der Waals surface area (Å²) in [6.45, 7) is 2.63. The van der Waals surface area contributed by atoms with Crippen LogP contribution in [0.2, 0.25) is 0 Å². The van der Waals surface area contributed by atoms with Gasteiger partial charge >= 0.3 is 0 Å². The van der Waals surface area contributed by atoms with Gasteiger partial charge in [0.15, 0.2) is 0 Å². The van der Waals surface area contributed by atoms with Crippen molar-refractivity contribution in [3.63, 3.8) is 0 Å². The first kappa shape index (κ1) is 11.4.